The zero-order valence-corrected chi connectivity index (χ0v) is 16.6. The summed E-state index contributed by atoms with van der Waals surface area (Å²) in [6.45, 7) is 6.47. The van der Waals surface area contributed by atoms with E-state index in [1.54, 1.807) is 6.20 Å². The molecule has 146 valence electrons. The van der Waals surface area contributed by atoms with Gasteiger partial charge in [-0.2, -0.15) is 5.10 Å². The number of piperidine rings is 1. The van der Waals surface area contributed by atoms with Gasteiger partial charge < -0.3 is 15.5 Å². The molecule has 1 aromatic heterocycles. The molecule has 1 saturated heterocycles. The number of guanidine groups is 1. The van der Waals surface area contributed by atoms with Gasteiger partial charge in [-0.1, -0.05) is 18.6 Å². The lowest BCUT2D eigenvalue weighted by molar-refractivity contribution is 0.159. The van der Waals surface area contributed by atoms with Crippen LogP contribution in [0.15, 0.2) is 47.7 Å². The molecule has 0 amide bonds. The van der Waals surface area contributed by atoms with Crippen molar-refractivity contribution in [1.29, 1.82) is 0 Å². The number of aliphatic imine (C=N–C) groups is 1. The van der Waals surface area contributed by atoms with Crippen molar-refractivity contribution in [2.45, 2.75) is 45.2 Å². The minimum atomic E-state index is 0.737. The Labute approximate surface area is 162 Å². The SMILES string of the molecule is CN=C(NCCCN1CCCCC1C)NCc1ccc(-n2cccn2)cc1. The lowest BCUT2D eigenvalue weighted by Gasteiger charge is -2.33. The van der Waals surface area contributed by atoms with Crippen LogP contribution in [0.3, 0.4) is 0 Å². The number of nitrogens with zero attached hydrogens (tertiary/aromatic N) is 4. The number of likely N-dealkylation sites (tertiary alicyclic amines) is 1. The summed E-state index contributed by atoms with van der Waals surface area (Å²) in [6, 6.07) is 11.1. The van der Waals surface area contributed by atoms with Crippen LogP contribution in [0.4, 0.5) is 0 Å². The predicted molar refractivity (Wildman–Crippen MR) is 111 cm³/mol. The molecule has 0 radical (unpaired) electrons. The van der Waals surface area contributed by atoms with Crippen LogP contribution in [0.25, 0.3) is 5.69 Å². The number of hydrogen-bond acceptors (Lipinski definition) is 3. The number of hydrogen-bond donors (Lipinski definition) is 2. The molecule has 0 aliphatic carbocycles. The first kappa shape index (κ1) is 19.4. The highest BCUT2D eigenvalue weighted by Gasteiger charge is 2.17. The fraction of sp³-hybridized carbons (Fsp3) is 0.524. The van der Waals surface area contributed by atoms with Crippen molar-refractivity contribution in [3.8, 4) is 5.69 Å². The maximum atomic E-state index is 4.33. The van der Waals surface area contributed by atoms with E-state index < -0.39 is 0 Å². The minimum absolute atomic E-state index is 0.737. The van der Waals surface area contributed by atoms with E-state index >= 15 is 0 Å². The van der Waals surface area contributed by atoms with Crippen LogP contribution in [-0.2, 0) is 6.54 Å². The second-order valence-electron chi connectivity index (χ2n) is 7.20. The Morgan fingerprint density at radius 2 is 2.07 bits per heavy atom. The molecule has 1 aromatic carbocycles. The summed E-state index contributed by atoms with van der Waals surface area (Å²) >= 11 is 0. The third kappa shape index (κ3) is 5.82. The molecule has 1 aliphatic rings. The highest BCUT2D eigenvalue weighted by atomic mass is 15.3. The van der Waals surface area contributed by atoms with E-state index in [1.807, 2.05) is 24.0 Å². The molecule has 27 heavy (non-hydrogen) atoms. The van der Waals surface area contributed by atoms with E-state index in [-0.39, 0.29) is 0 Å². The highest BCUT2D eigenvalue weighted by Crippen LogP contribution is 2.16. The summed E-state index contributed by atoms with van der Waals surface area (Å²) < 4.78 is 1.86. The third-order valence-corrected chi connectivity index (χ3v) is 5.24. The molecule has 0 bridgehead atoms. The molecule has 2 aromatic rings. The molecule has 0 saturated carbocycles. The van der Waals surface area contributed by atoms with Gasteiger partial charge in [0.15, 0.2) is 5.96 Å². The maximum absolute atomic E-state index is 4.33. The summed E-state index contributed by atoms with van der Waals surface area (Å²) in [5, 5.41) is 11.1. The van der Waals surface area contributed by atoms with E-state index in [0.29, 0.717) is 0 Å². The minimum Gasteiger partial charge on any atom is -0.356 e. The average Bonchev–Trinajstić information content (AvgIpc) is 3.24. The van der Waals surface area contributed by atoms with Crippen molar-refractivity contribution in [2.24, 2.45) is 4.99 Å². The van der Waals surface area contributed by atoms with Crippen LogP contribution in [0.1, 0.15) is 38.2 Å². The second-order valence-corrected chi connectivity index (χ2v) is 7.20. The molecule has 1 unspecified atom stereocenters. The van der Waals surface area contributed by atoms with Gasteiger partial charge in [-0.05, 0) is 56.5 Å². The van der Waals surface area contributed by atoms with Crippen LogP contribution < -0.4 is 10.6 Å². The molecule has 0 spiro atoms. The van der Waals surface area contributed by atoms with Crippen LogP contribution >= 0.6 is 0 Å². The topological polar surface area (TPSA) is 57.5 Å². The molecule has 3 rings (SSSR count). The molecule has 1 atom stereocenters. The zero-order valence-electron chi connectivity index (χ0n) is 16.6. The van der Waals surface area contributed by atoms with Crippen LogP contribution in [-0.4, -0.2) is 53.4 Å². The van der Waals surface area contributed by atoms with E-state index in [2.05, 4.69) is 56.8 Å². The normalized spacial score (nSPS) is 18.4. The summed E-state index contributed by atoms with van der Waals surface area (Å²) in [5.41, 5.74) is 2.29. The molecular weight excluding hydrogens is 336 g/mol. The first-order valence-corrected chi connectivity index (χ1v) is 10.0. The van der Waals surface area contributed by atoms with Crippen LogP contribution in [0, 0.1) is 0 Å². The summed E-state index contributed by atoms with van der Waals surface area (Å²) in [7, 11) is 1.82. The molecule has 2 heterocycles. The van der Waals surface area contributed by atoms with Gasteiger partial charge in [0.25, 0.3) is 0 Å². The smallest absolute Gasteiger partial charge is 0.191 e. The summed E-state index contributed by atoms with van der Waals surface area (Å²) in [4.78, 5) is 6.94. The summed E-state index contributed by atoms with van der Waals surface area (Å²) in [5.74, 6) is 0.859. The van der Waals surface area contributed by atoms with Crippen molar-refractivity contribution < 1.29 is 0 Å². The molecule has 2 N–H and O–H groups in total. The number of benzene rings is 1. The standard InChI is InChI=1S/C21H32N6/c1-18-7-3-4-14-26(18)15-5-12-23-21(22-2)24-17-19-8-10-20(11-9-19)27-16-6-13-25-27/h6,8-11,13,16,18H,3-5,7,12,14-15,17H2,1-2H3,(H2,22,23,24). The first-order valence-electron chi connectivity index (χ1n) is 10.0. The number of nitrogens with one attached hydrogen (secondary N) is 2. The number of aromatic nitrogens is 2. The monoisotopic (exact) mass is 368 g/mol. The second kappa shape index (κ2) is 10.1. The highest BCUT2D eigenvalue weighted by molar-refractivity contribution is 5.79. The average molecular weight is 369 g/mol. The lowest BCUT2D eigenvalue weighted by atomic mass is 10.0. The number of rotatable bonds is 7. The fourth-order valence-corrected chi connectivity index (χ4v) is 3.57. The van der Waals surface area contributed by atoms with Crippen molar-refractivity contribution in [1.82, 2.24) is 25.3 Å². The van der Waals surface area contributed by atoms with Gasteiger partial charge >= 0.3 is 0 Å². The van der Waals surface area contributed by atoms with E-state index in [4.69, 9.17) is 0 Å². The van der Waals surface area contributed by atoms with Gasteiger partial charge in [-0.25, -0.2) is 4.68 Å². The van der Waals surface area contributed by atoms with E-state index in [1.165, 1.54) is 37.9 Å². The van der Waals surface area contributed by atoms with Gasteiger partial charge in [0.2, 0.25) is 0 Å². The first-order chi connectivity index (χ1) is 13.3. The van der Waals surface area contributed by atoms with Crippen molar-refractivity contribution in [3.05, 3.63) is 48.3 Å². The predicted octanol–water partition coefficient (Wildman–Crippen LogP) is 2.80. The van der Waals surface area contributed by atoms with Crippen molar-refractivity contribution in [2.75, 3.05) is 26.7 Å². The van der Waals surface area contributed by atoms with E-state index in [0.717, 1.165) is 37.2 Å². The molecule has 1 fully saturated rings. The Kier molecular flexibility index (Phi) is 7.27. The summed E-state index contributed by atoms with van der Waals surface area (Å²) in [6.07, 6.45) is 8.95. The quantitative estimate of drug-likeness (QED) is 0.448. The molecule has 6 nitrogen and oxygen atoms in total. The fourth-order valence-electron chi connectivity index (χ4n) is 3.57. The molecule has 6 heteroatoms. The zero-order chi connectivity index (χ0) is 18.9. The van der Waals surface area contributed by atoms with Gasteiger partial charge in [0, 0.05) is 45.1 Å². The Morgan fingerprint density at radius 3 is 2.78 bits per heavy atom. The Bertz CT molecular complexity index is 692. The Morgan fingerprint density at radius 1 is 1.22 bits per heavy atom. The van der Waals surface area contributed by atoms with Gasteiger partial charge in [-0.15, -0.1) is 0 Å². The van der Waals surface area contributed by atoms with Gasteiger partial charge in [-0.3, -0.25) is 4.99 Å². The Balaban J connectivity index is 1.37. The van der Waals surface area contributed by atoms with Crippen LogP contribution in [0.2, 0.25) is 0 Å². The van der Waals surface area contributed by atoms with Crippen molar-refractivity contribution in [3.63, 3.8) is 0 Å². The van der Waals surface area contributed by atoms with Gasteiger partial charge in [0.05, 0.1) is 5.69 Å². The maximum Gasteiger partial charge on any atom is 0.191 e. The third-order valence-electron chi connectivity index (χ3n) is 5.24. The van der Waals surface area contributed by atoms with Crippen molar-refractivity contribution >= 4 is 5.96 Å². The molecular formula is C21H32N6. The van der Waals surface area contributed by atoms with E-state index in [9.17, 15) is 0 Å². The molecule has 1 aliphatic heterocycles. The lowest BCUT2D eigenvalue weighted by Crippen LogP contribution is -2.41. The van der Waals surface area contributed by atoms with Crippen LogP contribution in [0.5, 0.6) is 0 Å². The largest absolute Gasteiger partial charge is 0.356 e. The Hall–Kier alpha value is -2.34. The van der Waals surface area contributed by atoms with Gasteiger partial charge in [0.1, 0.15) is 0 Å².